The van der Waals surface area contributed by atoms with Gasteiger partial charge in [0.25, 0.3) is 5.91 Å². The molecule has 2 aromatic rings. The van der Waals surface area contributed by atoms with E-state index < -0.39 is 18.5 Å². The van der Waals surface area contributed by atoms with Crippen molar-refractivity contribution < 1.29 is 23.8 Å². The van der Waals surface area contributed by atoms with Crippen LogP contribution in [0.4, 0.5) is 5.69 Å². The lowest BCUT2D eigenvalue weighted by Crippen LogP contribution is -2.22. The Morgan fingerprint density at radius 1 is 1.17 bits per heavy atom. The molecule has 0 atom stereocenters. The van der Waals surface area contributed by atoms with Crippen molar-refractivity contribution in [2.24, 2.45) is 0 Å². The van der Waals surface area contributed by atoms with E-state index >= 15 is 0 Å². The Balaban J connectivity index is 1.54. The summed E-state index contributed by atoms with van der Waals surface area (Å²) in [5.74, 6) is 0.00881. The lowest BCUT2D eigenvalue weighted by Gasteiger charge is -2.18. The van der Waals surface area contributed by atoms with E-state index in [1.807, 2.05) is 0 Å². The zero-order valence-corrected chi connectivity index (χ0v) is 12.9. The highest BCUT2D eigenvalue weighted by atomic mass is 16.6. The summed E-state index contributed by atoms with van der Waals surface area (Å²) in [4.78, 5) is 31.5. The maximum Gasteiger partial charge on any atom is 0.359 e. The van der Waals surface area contributed by atoms with Crippen LogP contribution in [0.2, 0.25) is 0 Å². The van der Waals surface area contributed by atoms with E-state index in [0.29, 0.717) is 36.1 Å². The third-order valence-electron chi connectivity index (χ3n) is 3.15. The first kappa shape index (κ1) is 15.7. The molecule has 1 aliphatic heterocycles. The van der Waals surface area contributed by atoms with Gasteiger partial charge in [0.15, 0.2) is 23.8 Å². The van der Waals surface area contributed by atoms with Crippen molar-refractivity contribution in [3.63, 3.8) is 0 Å². The Labute approximate surface area is 137 Å². The van der Waals surface area contributed by atoms with Crippen LogP contribution >= 0.6 is 0 Å². The van der Waals surface area contributed by atoms with Crippen LogP contribution in [0.5, 0.6) is 11.5 Å². The highest BCUT2D eigenvalue weighted by Crippen LogP contribution is 2.32. The molecule has 3 rings (SSSR count). The quantitative estimate of drug-likeness (QED) is 0.845. The molecule has 0 saturated heterocycles. The van der Waals surface area contributed by atoms with E-state index in [1.54, 1.807) is 25.1 Å². The number of aromatic nitrogens is 2. The molecule has 0 aliphatic carbocycles. The molecule has 0 unspecified atom stereocenters. The number of hydrogen-bond acceptors (Lipinski definition) is 7. The van der Waals surface area contributed by atoms with Gasteiger partial charge in [-0.3, -0.25) is 9.78 Å². The van der Waals surface area contributed by atoms with E-state index in [2.05, 4.69) is 15.3 Å². The number of aryl methyl sites for hydroxylation is 1. The van der Waals surface area contributed by atoms with Crippen LogP contribution in [-0.2, 0) is 9.53 Å². The second-order valence-electron chi connectivity index (χ2n) is 5.03. The zero-order valence-electron chi connectivity index (χ0n) is 12.9. The van der Waals surface area contributed by atoms with Crippen molar-refractivity contribution in [1.82, 2.24) is 9.97 Å². The number of carbonyl (C=O) groups is 2. The average Bonchev–Trinajstić information content (AvgIpc) is 2.60. The minimum atomic E-state index is -0.708. The Bertz CT molecular complexity index is 761. The van der Waals surface area contributed by atoms with Gasteiger partial charge in [0, 0.05) is 18.0 Å². The molecule has 0 fully saturated rings. The number of nitrogens with one attached hydrogen (secondary N) is 1. The molecule has 24 heavy (non-hydrogen) atoms. The van der Waals surface area contributed by atoms with Crippen LogP contribution in [0.15, 0.2) is 30.6 Å². The fraction of sp³-hybridized carbons (Fsp3) is 0.250. The number of amides is 1. The van der Waals surface area contributed by atoms with Gasteiger partial charge in [-0.2, -0.15) is 0 Å². The number of esters is 1. The zero-order chi connectivity index (χ0) is 16.9. The number of rotatable bonds is 4. The second kappa shape index (κ2) is 6.95. The van der Waals surface area contributed by atoms with Crippen LogP contribution in [-0.4, -0.2) is 41.7 Å². The van der Waals surface area contributed by atoms with Crippen molar-refractivity contribution in [2.45, 2.75) is 6.92 Å². The Hall–Kier alpha value is -3.16. The topological polar surface area (TPSA) is 99.6 Å². The first-order valence-corrected chi connectivity index (χ1v) is 7.27. The van der Waals surface area contributed by atoms with Gasteiger partial charge in [-0.25, -0.2) is 9.78 Å². The number of benzene rings is 1. The van der Waals surface area contributed by atoms with E-state index in [0.717, 1.165) is 0 Å². The normalized spacial score (nSPS) is 12.4. The molecule has 1 aromatic carbocycles. The Morgan fingerprint density at radius 2 is 1.96 bits per heavy atom. The third-order valence-corrected chi connectivity index (χ3v) is 3.15. The molecule has 1 aromatic heterocycles. The molecule has 0 radical (unpaired) electrons. The third kappa shape index (κ3) is 3.78. The molecule has 2 heterocycles. The van der Waals surface area contributed by atoms with Crippen molar-refractivity contribution in [2.75, 3.05) is 25.1 Å². The minimum absolute atomic E-state index is 0.0488. The SMILES string of the molecule is Cc1cnc(C(=O)OCC(=O)Nc2ccc3c(c2)OCCO3)cn1. The lowest BCUT2D eigenvalue weighted by molar-refractivity contribution is -0.119. The van der Waals surface area contributed by atoms with E-state index in [4.69, 9.17) is 14.2 Å². The molecular formula is C16H15N3O5. The van der Waals surface area contributed by atoms with Crippen LogP contribution in [0, 0.1) is 6.92 Å². The summed E-state index contributed by atoms with van der Waals surface area (Å²) in [5.41, 5.74) is 1.26. The van der Waals surface area contributed by atoms with E-state index in [-0.39, 0.29) is 5.69 Å². The molecule has 0 spiro atoms. The van der Waals surface area contributed by atoms with Gasteiger partial charge in [-0.05, 0) is 19.1 Å². The predicted molar refractivity (Wildman–Crippen MR) is 83.1 cm³/mol. The molecule has 8 heteroatoms. The molecule has 1 aliphatic rings. The first-order chi connectivity index (χ1) is 11.6. The molecule has 0 saturated carbocycles. The lowest BCUT2D eigenvalue weighted by atomic mass is 10.2. The summed E-state index contributed by atoms with van der Waals surface area (Å²) in [6, 6.07) is 5.04. The molecule has 1 N–H and O–H groups in total. The van der Waals surface area contributed by atoms with Gasteiger partial charge in [0.2, 0.25) is 0 Å². The minimum Gasteiger partial charge on any atom is -0.486 e. The number of carbonyl (C=O) groups excluding carboxylic acids is 2. The summed E-state index contributed by atoms with van der Waals surface area (Å²) in [5, 5.41) is 2.62. The van der Waals surface area contributed by atoms with Crippen molar-refractivity contribution in [3.8, 4) is 11.5 Å². The number of nitrogens with zero attached hydrogens (tertiary/aromatic N) is 2. The summed E-state index contributed by atoms with van der Waals surface area (Å²) in [6.07, 6.45) is 2.75. The van der Waals surface area contributed by atoms with Crippen LogP contribution < -0.4 is 14.8 Å². The summed E-state index contributed by atoms with van der Waals surface area (Å²) in [6.45, 7) is 2.28. The first-order valence-electron chi connectivity index (χ1n) is 7.27. The van der Waals surface area contributed by atoms with Crippen molar-refractivity contribution in [1.29, 1.82) is 0 Å². The van der Waals surface area contributed by atoms with Gasteiger partial charge in [0.05, 0.1) is 11.9 Å². The largest absolute Gasteiger partial charge is 0.486 e. The van der Waals surface area contributed by atoms with E-state index in [1.165, 1.54) is 12.4 Å². The Kier molecular flexibility index (Phi) is 4.55. The smallest absolute Gasteiger partial charge is 0.359 e. The monoisotopic (exact) mass is 329 g/mol. The van der Waals surface area contributed by atoms with Gasteiger partial charge in [-0.15, -0.1) is 0 Å². The van der Waals surface area contributed by atoms with E-state index in [9.17, 15) is 9.59 Å². The molecule has 124 valence electrons. The van der Waals surface area contributed by atoms with Crippen molar-refractivity contribution in [3.05, 3.63) is 42.0 Å². The van der Waals surface area contributed by atoms with Crippen LogP contribution in [0.3, 0.4) is 0 Å². The molecule has 8 nitrogen and oxygen atoms in total. The highest BCUT2D eigenvalue weighted by molar-refractivity contribution is 5.94. The highest BCUT2D eigenvalue weighted by Gasteiger charge is 2.14. The molecule has 0 bridgehead atoms. The summed E-state index contributed by atoms with van der Waals surface area (Å²) in [7, 11) is 0. The molecular weight excluding hydrogens is 314 g/mol. The maximum absolute atomic E-state index is 11.9. The Morgan fingerprint density at radius 3 is 2.71 bits per heavy atom. The van der Waals surface area contributed by atoms with Crippen LogP contribution in [0.25, 0.3) is 0 Å². The van der Waals surface area contributed by atoms with Gasteiger partial charge in [-0.1, -0.05) is 0 Å². The number of fused-ring (bicyclic) bond motifs is 1. The number of hydrogen-bond donors (Lipinski definition) is 1. The predicted octanol–water partition coefficient (Wildman–Crippen LogP) is 1.35. The second-order valence-corrected chi connectivity index (χ2v) is 5.03. The van der Waals surface area contributed by atoms with Gasteiger partial charge in [0.1, 0.15) is 13.2 Å². The number of ether oxygens (including phenoxy) is 3. The standard InChI is InChI=1S/C16H15N3O5/c1-10-7-18-12(8-17-10)16(21)24-9-15(20)19-11-2-3-13-14(6-11)23-5-4-22-13/h2-3,6-8H,4-5,9H2,1H3,(H,19,20). The van der Waals surface area contributed by atoms with Gasteiger partial charge >= 0.3 is 5.97 Å². The van der Waals surface area contributed by atoms with Crippen molar-refractivity contribution >= 4 is 17.6 Å². The number of anilines is 1. The van der Waals surface area contributed by atoms with Crippen LogP contribution in [0.1, 0.15) is 16.2 Å². The maximum atomic E-state index is 11.9. The van der Waals surface area contributed by atoms with Gasteiger partial charge < -0.3 is 19.5 Å². The average molecular weight is 329 g/mol. The fourth-order valence-electron chi connectivity index (χ4n) is 2.02. The summed E-state index contributed by atoms with van der Waals surface area (Å²) >= 11 is 0. The fourth-order valence-corrected chi connectivity index (χ4v) is 2.02. The summed E-state index contributed by atoms with van der Waals surface area (Å²) < 4.78 is 15.7. The molecule has 1 amide bonds.